The van der Waals surface area contributed by atoms with Gasteiger partial charge in [-0.3, -0.25) is 0 Å². The lowest BCUT2D eigenvalue weighted by Gasteiger charge is -2.33. The van der Waals surface area contributed by atoms with Crippen LogP contribution in [0, 0.1) is 0 Å². The van der Waals surface area contributed by atoms with E-state index in [1.165, 1.54) is 0 Å². The molecule has 90 valence electrons. The summed E-state index contributed by atoms with van der Waals surface area (Å²) in [5, 5.41) is 9.70. The third-order valence-electron chi connectivity index (χ3n) is 2.72. The van der Waals surface area contributed by atoms with Crippen LogP contribution in [0.2, 0.25) is 0 Å². The van der Waals surface area contributed by atoms with Crippen LogP contribution >= 0.6 is 0 Å². The molecule has 1 saturated heterocycles. The molecule has 3 atom stereocenters. The fraction of sp³-hybridized carbons (Fsp3) is 1.00. The van der Waals surface area contributed by atoms with Gasteiger partial charge in [-0.1, -0.05) is 0 Å². The zero-order valence-corrected chi connectivity index (χ0v) is 9.90. The minimum atomic E-state index is -0.912. The molecule has 3 unspecified atom stereocenters. The van der Waals surface area contributed by atoms with Crippen molar-refractivity contribution in [2.24, 2.45) is 5.73 Å². The summed E-state index contributed by atoms with van der Waals surface area (Å²) >= 11 is 0. The number of ether oxygens (including phenoxy) is 2. The molecule has 0 aromatic rings. The highest BCUT2D eigenvalue weighted by atomic mass is 16.5. The lowest BCUT2D eigenvalue weighted by Crippen LogP contribution is -2.42. The van der Waals surface area contributed by atoms with Crippen molar-refractivity contribution in [1.29, 1.82) is 0 Å². The van der Waals surface area contributed by atoms with Crippen molar-refractivity contribution in [2.75, 3.05) is 13.2 Å². The highest BCUT2D eigenvalue weighted by Gasteiger charge is 2.27. The molecule has 4 heteroatoms. The van der Waals surface area contributed by atoms with Gasteiger partial charge in [0.1, 0.15) is 0 Å². The average Bonchev–Trinajstić information content (AvgIpc) is 2.14. The van der Waals surface area contributed by atoms with Gasteiger partial charge in [0.25, 0.3) is 0 Å². The molecular formula is C11H23NO3. The van der Waals surface area contributed by atoms with Crippen LogP contribution in [0.5, 0.6) is 0 Å². The molecule has 0 radical (unpaired) electrons. The molecular weight excluding hydrogens is 194 g/mol. The first-order valence-corrected chi connectivity index (χ1v) is 5.62. The Bertz CT molecular complexity index is 186. The molecule has 1 aliphatic heterocycles. The van der Waals surface area contributed by atoms with E-state index < -0.39 is 5.60 Å². The maximum Gasteiger partial charge on any atom is 0.0973 e. The second kappa shape index (κ2) is 5.25. The van der Waals surface area contributed by atoms with E-state index in [0.717, 1.165) is 12.8 Å². The number of rotatable bonds is 4. The van der Waals surface area contributed by atoms with Crippen molar-refractivity contribution >= 4 is 0 Å². The molecule has 0 bridgehead atoms. The fourth-order valence-corrected chi connectivity index (χ4v) is 1.84. The van der Waals surface area contributed by atoms with Gasteiger partial charge in [-0.2, -0.15) is 0 Å². The average molecular weight is 217 g/mol. The van der Waals surface area contributed by atoms with Crippen molar-refractivity contribution in [1.82, 2.24) is 0 Å². The van der Waals surface area contributed by atoms with Gasteiger partial charge in [0.15, 0.2) is 0 Å². The third kappa shape index (κ3) is 4.47. The zero-order chi connectivity index (χ0) is 11.5. The quantitative estimate of drug-likeness (QED) is 0.726. The molecule has 15 heavy (non-hydrogen) atoms. The monoisotopic (exact) mass is 217 g/mol. The van der Waals surface area contributed by atoms with E-state index in [4.69, 9.17) is 15.2 Å². The summed E-state index contributed by atoms with van der Waals surface area (Å²) in [6.07, 6.45) is 2.45. The Morgan fingerprint density at radius 3 is 2.40 bits per heavy atom. The number of aliphatic hydroxyl groups is 1. The molecule has 1 aliphatic rings. The molecule has 1 rings (SSSR count). The minimum Gasteiger partial charge on any atom is -0.386 e. The molecule has 3 N–H and O–H groups in total. The first kappa shape index (κ1) is 12.9. The molecule has 0 saturated carbocycles. The van der Waals surface area contributed by atoms with Gasteiger partial charge in [-0.05, 0) is 33.6 Å². The first-order chi connectivity index (χ1) is 6.93. The Hall–Kier alpha value is -0.160. The van der Waals surface area contributed by atoms with Gasteiger partial charge in [-0.15, -0.1) is 0 Å². The van der Waals surface area contributed by atoms with Crippen molar-refractivity contribution in [3.8, 4) is 0 Å². The van der Waals surface area contributed by atoms with Crippen LogP contribution in [0.25, 0.3) is 0 Å². The Morgan fingerprint density at radius 2 is 1.93 bits per heavy atom. The van der Waals surface area contributed by atoms with E-state index in [9.17, 15) is 5.11 Å². The van der Waals surface area contributed by atoms with Gasteiger partial charge in [-0.25, -0.2) is 0 Å². The SMILES string of the molecule is CC1CC(OCC(C)(O)CN)CC(C)O1. The Kier molecular flexibility index (Phi) is 4.52. The lowest BCUT2D eigenvalue weighted by atomic mass is 10.0. The molecule has 1 heterocycles. The molecule has 0 amide bonds. The summed E-state index contributed by atoms with van der Waals surface area (Å²) in [6, 6.07) is 0. The normalized spacial score (nSPS) is 36.2. The highest BCUT2D eigenvalue weighted by molar-refractivity contribution is 4.77. The van der Waals surface area contributed by atoms with Crippen molar-refractivity contribution in [3.63, 3.8) is 0 Å². The van der Waals surface area contributed by atoms with Crippen LogP contribution in [-0.4, -0.2) is 42.2 Å². The highest BCUT2D eigenvalue weighted by Crippen LogP contribution is 2.22. The van der Waals surface area contributed by atoms with Gasteiger partial charge in [0.2, 0.25) is 0 Å². The van der Waals surface area contributed by atoms with Crippen LogP contribution in [0.15, 0.2) is 0 Å². The zero-order valence-electron chi connectivity index (χ0n) is 9.90. The predicted molar refractivity (Wildman–Crippen MR) is 58.7 cm³/mol. The maximum atomic E-state index is 9.70. The lowest BCUT2D eigenvalue weighted by molar-refractivity contribution is -0.127. The van der Waals surface area contributed by atoms with Crippen molar-refractivity contribution in [3.05, 3.63) is 0 Å². The summed E-state index contributed by atoms with van der Waals surface area (Å²) in [6.45, 7) is 6.31. The summed E-state index contributed by atoms with van der Waals surface area (Å²) in [5.74, 6) is 0. The molecule has 0 aromatic heterocycles. The largest absolute Gasteiger partial charge is 0.386 e. The first-order valence-electron chi connectivity index (χ1n) is 5.62. The maximum absolute atomic E-state index is 9.70. The van der Waals surface area contributed by atoms with Gasteiger partial charge in [0.05, 0.1) is 30.5 Å². The third-order valence-corrected chi connectivity index (χ3v) is 2.72. The van der Waals surface area contributed by atoms with E-state index in [1.54, 1.807) is 6.92 Å². The van der Waals surface area contributed by atoms with Gasteiger partial charge < -0.3 is 20.3 Å². The molecule has 0 aromatic carbocycles. The van der Waals surface area contributed by atoms with Crippen LogP contribution in [0.3, 0.4) is 0 Å². The van der Waals surface area contributed by atoms with Gasteiger partial charge >= 0.3 is 0 Å². The van der Waals surface area contributed by atoms with E-state index in [0.29, 0.717) is 6.61 Å². The summed E-state index contributed by atoms with van der Waals surface area (Å²) in [5.41, 5.74) is 4.51. The molecule has 0 aliphatic carbocycles. The standard InChI is InChI=1S/C11H23NO3/c1-8-4-10(5-9(2)15-8)14-7-11(3,13)6-12/h8-10,13H,4-7,12H2,1-3H3. The van der Waals surface area contributed by atoms with Crippen molar-refractivity contribution in [2.45, 2.75) is 57.5 Å². The summed E-state index contributed by atoms with van der Waals surface area (Å²) in [4.78, 5) is 0. The molecule has 0 spiro atoms. The van der Waals surface area contributed by atoms with Gasteiger partial charge in [0, 0.05) is 6.54 Å². The Labute approximate surface area is 91.7 Å². The predicted octanol–water partition coefficient (Wildman–Crippen LogP) is 0.669. The Morgan fingerprint density at radius 1 is 1.40 bits per heavy atom. The van der Waals surface area contributed by atoms with E-state index in [2.05, 4.69) is 0 Å². The van der Waals surface area contributed by atoms with E-state index in [1.807, 2.05) is 13.8 Å². The fourth-order valence-electron chi connectivity index (χ4n) is 1.84. The van der Waals surface area contributed by atoms with Crippen LogP contribution in [0.1, 0.15) is 33.6 Å². The second-order valence-corrected chi connectivity index (χ2v) is 4.86. The molecule has 4 nitrogen and oxygen atoms in total. The molecule has 1 fully saturated rings. The summed E-state index contributed by atoms with van der Waals surface area (Å²) < 4.78 is 11.3. The second-order valence-electron chi connectivity index (χ2n) is 4.86. The Balaban J connectivity index is 2.32. The topological polar surface area (TPSA) is 64.7 Å². The number of hydrogen-bond donors (Lipinski definition) is 2. The van der Waals surface area contributed by atoms with Crippen LogP contribution in [-0.2, 0) is 9.47 Å². The van der Waals surface area contributed by atoms with E-state index in [-0.39, 0.29) is 24.9 Å². The van der Waals surface area contributed by atoms with Crippen molar-refractivity contribution < 1.29 is 14.6 Å². The smallest absolute Gasteiger partial charge is 0.0973 e. The minimum absolute atomic E-state index is 0.182. The summed E-state index contributed by atoms with van der Waals surface area (Å²) in [7, 11) is 0. The van der Waals surface area contributed by atoms with E-state index >= 15 is 0 Å². The number of hydrogen-bond acceptors (Lipinski definition) is 4. The van der Waals surface area contributed by atoms with Crippen LogP contribution < -0.4 is 5.73 Å². The van der Waals surface area contributed by atoms with Crippen LogP contribution in [0.4, 0.5) is 0 Å². The number of nitrogens with two attached hydrogens (primary N) is 1.